The second-order valence-corrected chi connectivity index (χ2v) is 5.95. The van der Waals surface area contributed by atoms with Gasteiger partial charge in [-0.25, -0.2) is 0 Å². The van der Waals surface area contributed by atoms with Gasteiger partial charge in [-0.1, -0.05) is 6.07 Å². The highest BCUT2D eigenvalue weighted by molar-refractivity contribution is 9.10. The van der Waals surface area contributed by atoms with E-state index in [1.165, 1.54) is 16.8 Å². The van der Waals surface area contributed by atoms with Crippen LogP contribution in [0.2, 0.25) is 0 Å². The van der Waals surface area contributed by atoms with E-state index < -0.39 is 0 Å². The highest BCUT2D eigenvalue weighted by Gasteiger charge is 2.10. The molecule has 4 nitrogen and oxygen atoms in total. The van der Waals surface area contributed by atoms with Crippen LogP contribution >= 0.6 is 15.9 Å². The predicted octanol–water partition coefficient (Wildman–Crippen LogP) is 3.10. The molecule has 0 aliphatic carbocycles. The molecule has 20 heavy (non-hydrogen) atoms. The number of aromatic nitrogens is 2. The molecule has 0 aliphatic rings. The molecule has 1 aromatic heterocycles. The molecule has 0 amide bonds. The van der Waals surface area contributed by atoms with Gasteiger partial charge >= 0.3 is 0 Å². The summed E-state index contributed by atoms with van der Waals surface area (Å²) in [5.41, 5.74) is 3.66. The first-order valence-corrected chi connectivity index (χ1v) is 7.46. The Hall–Kier alpha value is -1.33. The first-order valence-electron chi connectivity index (χ1n) is 6.66. The smallest absolute Gasteiger partial charge is 0.0539 e. The summed E-state index contributed by atoms with van der Waals surface area (Å²) in [5.74, 6) is 0. The molecule has 1 aromatic carbocycles. The third kappa shape index (κ3) is 3.41. The summed E-state index contributed by atoms with van der Waals surface area (Å²) >= 11 is 3.67. The van der Waals surface area contributed by atoms with Gasteiger partial charge in [-0.15, -0.1) is 0 Å². The minimum atomic E-state index is 0.351. The zero-order valence-corrected chi connectivity index (χ0v) is 14.0. The van der Waals surface area contributed by atoms with E-state index in [-0.39, 0.29) is 0 Å². The van der Waals surface area contributed by atoms with E-state index in [0.717, 1.165) is 11.0 Å². The van der Waals surface area contributed by atoms with Crippen LogP contribution < -0.4 is 10.2 Å². The van der Waals surface area contributed by atoms with Crippen molar-refractivity contribution in [1.29, 1.82) is 0 Å². The van der Waals surface area contributed by atoms with E-state index in [0.29, 0.717) is 6.04 Å². The minimum absolute atomic E-state index is 0.351. The Bertz CT molecular complexity index is 579. The number of hydrogen-bond donors (Lipinski definition) is 1. The van der Waals surface area contributed by atoms with E-state index in [9.17, 15) is 0 Å². The van der Waals surface area contributed by atoms with Gasteiger partial charge < -0.3 is 10.2 Å². The summed E-state index contributed by atoms with van der Waals surface area (Å²) in [4.78, 5) is 2.22. The largest absolute Gasteiger partial charge is 0.369 e. The lowest BCUT2D eigenvalue weighted by molar-refractivity contribution is 0.652. The summed E-state index contributed by atoms with van der Waals surface area (Å²) in [6.07, 6.45) is 3.95. The van der Waals surface area contributed by atoms with Gasteiger partial charge in [0.15, 0.2) is 0 Å². The van der Waals surface area contributed by atoms with Crippen LogP contribution in [-0.4, -0.2) is 23.9 Å². The van der Waals surface area contributed by atoms with Crippen LogP contribution in [0.4, 0.5) is 5.69 Å². The Kier molecular flexibility index (Phi) is 4.83. The molecule has 0 radical (unpaired) electrons. The van der Waals surface area contributed by atoms with Crippen molar-refractivity contribution < 1.29 is 0 Å². The standard InChI is InChI=1S/C15H21BrN4/c1-11(17-2)13-5-6-15(14(16)7-13)19(3)9-12-8-18-20(4)10-12/h5-8,10-11,17H,9H2,1-4H3. The summed E-state index contributed by atoms with van der Waals surface area (Å²) in [6, 6.07) is 6.85. The van der Waals surface area contributed by atoms with Gasteiger partial charge in [-0.05, 0) is 47.6 Å². The number of nitrogens with zero attached hydrogens (tertiary/aromatic N) is 3. The number of aryl methyl sites for hydroxylation is 1. The molecule has 1 N–H and O–H groups in total. The zero-order chi connectivity index (χ0) is 14.7. The fraction of sp³-hybridized carbons (Fsp3) is 0.400. The normalized spacial score (nSPS) is 12.4. The van der Waals surface area contributed by atoms with E-state index in [4.69, 9.17) is 0 Å². The second kappa shape index (κ2) is 6.41. The van der Waals surface area contributed by atoms with Crippen molar-refractivity contribution in [2.45, 2.75) is 19.5 Å². The molecule has 1 unspecified atom stereocenters. The minimum Gasteiger partial charge on any atom is -0.369 e. The average Bonchev–Trinajstić information content (AvgIpc) is 2.82. The third-order valence-electron chi connectivity index (χ3n) is 3.49. The molecule has 1 atom stereocenters. The van der Waals surface area contributed by atoms with Crippen LogP contribution in [0.1, 0.15) is 24.1 Å². The summed E-state index contributed by atoms with van der Waals surface area (Å²) in [7, 11) is 6.00. The Labute approximate surface area is 128 Å². The van der Waals surface area contributed by atoms with Crippen molar-refractivity contribution in [2.24, 2.45) is 7.05 Å². The van der Waals surface area contributed by atoms with Gasteiger partial charge in [0, 0.05) is 42.9 Å². The van der Waals surface area contributed by atoms with Gasteiger partial charge in [0.25, 0.3) is 0 Å². The van der Waals surface area contributed by atoms with Crippen molar-refractivity contribution in [1.82, 2.24) is 15.1 Å². The quantitative estimate of drug-likeness (QED) is 0.910. The van der Waals surface area contributed by atoms with Crippen molar-refractivity contribution in [3.8, 4) is 0 Å². The predicted molar refractivity (Wildman–Crippen MR) is 86.9 cm³/mol. The van der Waals surface area contributed by atoms with Crippen LogP contribution in [-0.2, 0) is 13.6 Å². The highest BCUT2D eigenvalue weighted by atomic mass is 79.9. The number of rotatable bonds is 5. The number of benzene rings is 1. The van der Waals surface area contributed by atoms with Crippen molar-refractivity contribution in [3.05, 3.63) is 46.2 Å². The van der Waals surface area contributed by atoms with Crippen LogP contribution in [0.5, 0.6) is 0 Å². The number of nitrogens with one attached hydrogen (secondary N) is 1. The van der Waals surface area contributed by atoms with E-state index >= 15 is 0 Å². The molecule has 0 fully saturated rings. The summed E-state index contributed by atoms with van der Waals surface area (Å²) in [6.45, 7) is 2.99. The van der Waals surface area contributed by atoms with Crippen molar-refractivity contribution >= 4 is 21.6 Å². The SMILES string of the molecule is CNC(C)c1ccc(N(C)Cc2cnn(C)c2)c(Br)c1. The fourth-order valence-electron chi connectivity index (χ4n) is 2.18. The Balaban J connectivity index is 2.15. The molecule has 2 aromatic rings. The molecular formula is C15H21BrN4. The maximum Gasteiger partial charge on any atom is 0.0539 e. The number of halogens is 1. The first kappa shape index (κ1) is 15.1. The zero-order valence-electron chi connectivity index (χ0n) is 12.4. The molecule has 0 saturated carbocycles. The Morgan fingerprint density at radius 1 is 1.45 bits per heavy atom. The van der Waals surface area contributed by atoms with Crippen LogP contribution in [0.3, 0.4) is 0 Å². The molecule has 1 heterocycles. The van der Waals surface area contributed by atoms with Crippen LogP contribution in [0.15, 0.2) is 35.1 Å². The summed E-state index contributed by atoms with van der Waals surface area (Å²) in [5, 5.41) is 7.46. The number of anilines is 1. The van der Waals surface area contributed by atoms with E-state index in [2.05, 4.69) is 63.4 Å². The van der Waals surface area contributed by atoms with Crippen LogP contribution in [0.25, 0.3) is 0 Å². The van der Waals surface area contributed by atoms with Crippen molar-refractivity contribution in [2.75, 3.05) is 19.0 Å². The highest BCUT2D eigenvalue weighted by Crippen LogP contribution is 2.29. The molecule has 0 spiro atoms. The second-order valence-electron chi connectivity index (χ2n) is 5.10. The number of hydrogen-bond acceptors (Lipinski definition) is 3. The maximum atomic E-state index is 4.20. The van der Waals surface area contributed by atoms with Gasteiger partial charge in [0.1, 0.15) is 0 Å². The fourth-order valence-corrected chi connectivity index (χ4v) is 2.88. The van der Waals surface area contributed by atoms with E-state index in [1.807, 2.05) is 31.2 Å². The lowest BCUT2D eigenvalue weighted by Gasteiger charge is -2.21. The van der Waals surface area contributed by atoms with Gasteiger partial charge in [0.2, 0.25) is 0 Å². The van der Waals surface area contributed by atoms with Crippen molar-refractivity contribution in [3.63, 3.8) is 0 Å². The maximum absolute atomic E-state index is 4.20. The molecule has 0 saturated heterocycles. The Morgan fingerprint density at radius 3 is 2.75 bits per heavy atom. The Morgan fingerprint density at radius 2 is 2.20 bits per heavy atom. The molecule has 0 bridgehead atoms. The van der Waals surface area contributed by atoms with Gasteiger partial charge in [-0.3, -0.25) is 4.68 Å². The van der Waals surface area contributed by atoms with Crippen LogP contribution in [0, 0.1) is 0 Å². The average molecular weight is 337 g/mol. The lowest BCUT2D eigenvalue weighted by Crippen LogP contribution is -2.17. The monoisotopic (exact) mass is 336 g/mol. The molecule has 5 heteroatoms. The third-order valence-corrected chi connectivity index (χ3v) is 4.13. The molecule has 108 valence electrons. The summed E-state index contributed by atoms with van der Waals surface area (Å²) < 4.78 is 2.94. The van der Waals surface area contributed by atoms with Gasteiger partial charge in [-0.2, -0.15) is 5.10 Å². The lowest BCUT2D eigenvalue weighted by atomic mass is 10.1. The van der Waals surface area contributed by atoms with Gasteiger partial charge in [0.05, 0.1) is 11.9 Å². The topological polar surface area (TPSA) is 33.1 Å². The molecule has 2 rings (SSSR count). The first-order chi connectivity index (χ1) is 9.51. The van der Waals surface area contributed by atoms with E-state index in [1.54, 1.807) is 0 Å². The molecule has 0 aliphatic heterocycles. The molecular weight excluding hydrogens is 316 g/mol.